The molecule has 1 saturated heterocycles. The lowest BCUT2D eigenvalue weighted by Gasteiger charge is -2.36. The summed E-state index contributed by atoms with van der Waals surface area (Å²) >= 11 is 6.10. The molecule has 0 unspecified atom stereocenters. The van der Waals surface area contributed by atoms with E-state index >= 15 is 0 Å². The molecule has 7 heteroatoms. The third kappa shape index (κ3) is 3.69. The summed E-state index contributed by atoms with van der Waals surface area (Å²) in [7, 11) is 0. The molecule has 3 amide bonds. The van der Waals surface area contributed by atoms with Gasteiger partial charge < -0.3 is 15.1 Å². The van der Waals surface area contributed by atoms with Crippen molar-refractivity contribution in [2.45, 2.75) is 18.3 Å². The maximum absolute atomic E-state index is 13.1. The number of carbonyl (C=O) groups is 2. The molecule has 28 heavy (non-hydrogen) atoms. The van der Waals surface area contributed by atoms with Crippen molar-refractivity contribution in [2.24, 2.45) is 0 Å². The molecule has 1 aliphatic carbocycles. The van der Waals surface area contributed by atoms with E-state index < -0.39 is 5.41 Å². The number of hydrogen-bond donors (Lipinski definition) is 1. The van der Waals surface area contributed by atoms with E-state index in [2.05, 4.69) is 5.32 Å². The van der Waals surface area contributed by atoms with Crippen LogP contribution < -0.4 is 5.32 Å². The molecule has 1 saturated carbocycles. The van der Waals surface area contributed by atoms with Crippen molar-refractivity contribution in [3.8, 4) is 0 Å². The summed E-state index contributed by atoms with van der Waals surface area (Å²) in [5, 5.41) is 3.40. The van der Waals surface area contributed by atoms with E-state index in [1.165, 1.54) is 24.3 Å². The van der Waals surface area contributed by atoms with Crippen molar-refractivity contribution in [3.05, 3.63) is 64.9 Å². The van der Waals surface area contributed by atoms with Crippen LogP contribution in [0.3, 0.4) is 0 Å². The van der Waals surface area contributed by atoms with Gasteiger partial charge in [0.25, 0.3) is 0 Å². The number of nitrogens with one attached hydrogen (secondary N) is 1. The molecule has 1 N–H and O–H groups in total. The number of halogens is 2. The second-order valence-corrected chi connectivity index (χ2v) is 7.75. The number of rotatable bonds is 3. The van der Waals surface area contributed by atoms with Crippen LogP contribution in [-0.4, -0.2) is 47.9 Å². The predicted molar refractivity (Wildman–Crippen MR) is 106 cm³/mol. The molecule has 2 aromatic rings. The van der Waals surface area contributed by atoms with E-state index in [9.17, 15) is 14.0 Å². The van der Waals surface area contributed by atoms with Crippen LogP contribution >= 0.6 is 11.6 Å². The minimum Gasteiger partial charge on any atom is -0.338 e. The van der Waals surface area contributed by atoms with Gasteiger partial charge in [-0.25, -0.2) is 9.18 Å². The first-order valence-electron chi connectivity index (χ1n) is 9.35. The standard InChI is InChI=1S/C21H21ClFN3O2/c22-16-3-1-2-15(14-16)21(8-9-21)19(27)25-10-12-26(13-11-25)20(28)24-18-6-4-17(23)5-7-18/h1-7,14H,8-13H2,(H,24,28). The fourth-order valence-electron chi connectivity index (χ4n) is 3.69. The Morgan fingerprint density at radius 3 is 2.21 bits per heavy atom. The lowest BCUT2D eigenvalue weighted by Crippen LogP contribution is -2.53. The van der Waals surface area contributed by atoms with Crippen molar-refractivity contribution < 1.29 is 14.0 Å². The van der Waals surface area contributed by atoms with E-state index in [1.807, 2.05) is 29.2 Å². The van der Waals surface area contributed by atoms with Gasteiger partial charge in [-0.3, -0.25) is 4.79 Å². The average Bonchev–Trinajstić information content (AvgIpc) is 3.51. The monoisotopic (exact) mass is 401 g/mol. The van der Waals surface area contributed by atoms with Crippen molar-refractivity contribution in [2.75, 3.05) is 31.5 Å². The predicted octanol–water partition coefficient (Wildman–Crippen LogP) is 3.89. The molecule has 0 bridgehead atoms. The summed E-state index contributed by atoms with van der Waals surface area (Å²) in [6.45, 7) is 1.92. The first-order chi connectivity index (χ1) is 13.5. The van der Waals surface area contributed by atoms with E-state index in [0.29, 0.717) is 36.9 Å². The van der Waals surface area contributed by atoms with Gasteiger partial charge in [-0.15, -0.1) is 0 Å². The van der Waals surface area contributed by atoms with E-state index in [1.54, 1.807) is 4.90 Å². The normalized spacial score (nSPS) is 17.9. The zero-order valence-electron chi connectivity index (χ0n) is 15.3. The lowest BCUT2D eigenvalue weighted by atomic mass is 9.94. The van der Waals surface area contributed by atoms with E-state index in [4.69, 9.17) is 11.6 Å². The molecule has 4 rings (SSSR count). The second kappa shape index (κ2) is 7.43. The van der Waals surface area contributed by atoms with Gasteiger partial charge in [0.2, 0.25) is 5.91 Å². The smallest absolute Gasteiger partial charge is 0.321 e. The van der Waals surface area contributed by atoms with Crippen molar-refractivity contribution >= 4 is 29.2 Å². The molecule has 2 fully saturated rings. The summed E-state index contributed by atoms with van der Waals surface area (Å²) in [6, 6.07) is 12.9. The number of carbonyl (C=O) groups excluding carboxylic acids is 2. The molecular weight excluding hydrogens is 381 g/mol. The Balaban J connectivity index is 1.35. The van der Waals surface area contributed by atoms with Crippen molar-refractivity contribution in [3.63, 3.8) is 0 Å². The van der Waals surface area contributed by atoms with Crippen LogP contribution in [0.5, 0.6) is 0 Å². The quantitative estimate of drug-likeness (QED) is 0.848. The highest BCUT2D eigenvalue weighted by atomic mass is 35.5. The topological polar surface area (TPSA) is 52.7 Å². The number of piperazine rings is 1. The Bertz CT molecular complexity index is 891. The molecular formula is C21H21ClFN3O2. The summed E-state index contributed by atoms with van der Waals surface area (Å²) < 4.78 is 13.0. The zero-order valence-corrected chi connectivity index (χ0v) is 16.1. The minimum absolute atomic E-state index is 0.119. The van der Waals surface area contributed by atoms with Gasteiger partial charge in [-0.2, -0.15) is 0 Å². The van der Waals surface area contributed by atoms with Gasteiger partial charge >= 0.3 is 6.03 Å². The molecule has 2 aromatic carbocycles. The first-order valence-corrected chi connectivity index (χ1v) is 9.73. The molecule has 0 spiro atoms. The number of nitrogens with zero attached hydrogens (tertiary/aromatic N) is 2. The summed E-state index contributed by atoms with van der Waals surface area (Å²) in [5.41, 5.74) is 1.06. The Labute approximate surface area is 168 Å². The maximum Gasteiger partial charge on any atom is 0.321 e. The molecule has 5 nitrogen and oxygen atoms in total. The Morgan fingerprint density at radius 1 is 0.964 bits per heavy atom. The van der Waals surface area contributed by atoms with Crippen molar-refractivity contribution in [1.29, 1.82) is 0 Å². The Kier molecular flexibility index (Phi) is 4.98. The SMILES string of the molecule is O=C(Nc1ccc(F)cc1)N1CCN(C(=O)C2(c3cccc(Cl)c3)CC2)CC1. The van der Waals surface area contributed by atoms with Gasteiger partial charge in [0.05, 0.1) is 5.41 Å². The van der Waals surface area contributed by atoms with Crippen LogP contribution in [0, 0.1) is 5.82 Å². The summed E-state index contributed by atoms with van der Waals surface area (Å²) in [6.07, 6.45) is 1.66. The van der Waals surface area contributed by atoms with Crippen molar-refractivity contribution in [1.82, 2.24) is 9.80 Å². The highest BCUT2D eigenvalue weighted by Gasteiger charge is 2.53. The lowest BCUT2D eigenvalue weighted by molar-refractivity contribution is -0.135. The van der Waals surface area contributed by atoms with Crippen LogP contribution in [0.25, 0.3) is 0 Å². The van der Waals surface area contributed by atoms with Gasteiger partial charge in [-0.05, 0) is 54.8 Å². The number of hydrogen-bond acceptors (Lipinski definition) is 2. The van der Waals surface area contributed by atoms with Gasteiger partial charge in [-0.1, -0.05) is 23.7 Å². The van der Waals surface area contributed by atoms with Crippen LogP contribution in [0.15, 0.2) is 48.5 Å². The fraction of sp³-hybridized carbons (Fsp3) is 0.333. The molecule has 0 aromatic heterocycles. The van der Waals surface area contributed by atoms with Gasteiger partial charge in [0.15, 0.2) is 0 Å². The Morgan fingerprint density at radius 2 is 1.61 bits per heavy atom. The molecule has 0 atom stereocenters. The number of anilines is 1. The Hall–Kier alpha value is -2.60. The maximum atomic E-state index is 13.1. The first kappa shape index (κ1) is 18.7. The van der Waals surface area contributed by atoms with E-state index in [-0.39, 0.29) is 17.8 Å². The molecule has 2 aliphatic rings. The highest BCUT2D eigenvalue weighted by molar-refractivity contribution is 6.30. The number of benzene rings is 2. The summed E-state index contributed by atoms with van der Waals surface area (Å²) in [5.74, 6) is -0.229. The largest absolute Gasteiger partial charge is 0.338 e. The van der Waals surface area contributed by atoms with Crippen LogP contribution in [0.4, 0.5) is 14.9 Å². The summed E-state index contributed by atoms with van der Waals surface area (Å²) in [4.78, 5) is 29.0. The number of urea groups is 1. The fourth-order valence-corrected chi connectivity index (χ4v) is 3.88. The number of amides is 3. The molecule has 146 valence electrons. The molecule has 1 heterocycles. The van der Waals surface area contributed by atoms with Gasteiger partial charge in [0.1, 0.15) is 5.82 Å². The molecule has 1 aliphatic heterocycles. The highest BCUT2D eigenvalue weighted by Crippen LogP contribution is 2.50. The van der Waals surface area contributed by atoms with Crippen LogP contribution in [0.1, 0.15) is 18.4 Å². The minimum atomic E-state index is -0.455. The molecule has 0 radical (unpaired) electrons. The van der Waals surface area contributed by atoms with E-state index in [0.717, 1.165) is 18.4 Å². The second-order valence-electron chi connectivity index (χ2n) is 7.31. The zero-order chi connectivity index (χ0) is 19.7. The van der Waals surface area contributed by atoms with Crippen LogP contribution in [-0.2, 0) is 10.2 Å². The average molecular weight is 402 g/mol. The third-order valence-corrected chi connectivity index (χ3v) is 5.72. The third-order valence-electron chi connectivity index (χ3n) is 5.49. The van der Waals surface area contributed by atoms with Gasteiger partial charge in [0, 0.05) is 36.9 Å². The van der Waals surface area contributed by atoms with Crippen LogP contribution in [0.2, 0.25) is 5.02 Å².